The fourth-order valence-electron chi connectivity index (χ4n) is 2.07. The molecule has 1 amide bonds. The lowest BCUT2D eigenvalue weighted by Crippen LogP contribution is -2.17. The molecule has 1 aromatic carbocycles. The minimum atomic E-state index is -0.0316. The molecule has 0 radical (unpaired) electrons. The van der Waals surface area contributed by atoms with Crippen LogP contribution in [0.15, 0.2) is 30.5 Å². The minimum Gasteiger partial charge on any atom is -0.309 e. The number of nitrogens with one attached hydrogen (secondary N) is 1. The number of benzene rings is 1. The average molecular weight is 266 g/mol. The van der Waals surface area contributed by atoms with Crippen LogP contribution in [0.25, 0.3) is 5.69 Å². The lowest BCUT2D eigenvalue weighted by atomic mass is 10.2. The van der Waals surface area contributed by atoms with Crippen LogP contribution >= 0.6 is 0 Å². The fraction of sp³-hybridized carbons (Fsp3) is 0.267. The largest absolute Gasteiger partial charge is 0.309 e. The van der Waals surface area contributed by atoms with Crippen molar-refractivity contribution in [2.75, 3.05) is 5.32 Å². The van der Waals surface area contributed by atoms with Crippen LogP contribution in [0, 0.1) is 24.2 Å². The standard InChI is InChI=1S/C15H14N4O/c1-10-3-2-4-13(7-10)19-14(12(8-16)9-17-19)18-15(20)11-5-6-11/h2-4,7,9,11H,5-6H2,1H3,(H,18,20). The zero-order chi connectivity index (χ0) is 14.1. The number of carbonyl (C=O) groups excluding carboxylic acids is 1. The molecule has 5 heteroatoms. The van der Waals surface area contributed by atoms with Crippen LogP contribution in [0.5, 0.6) is 0 Å². The van der Waals surface area contributed by atoms with Crippen molar-refractivity contribution in [1.82, 2.24) is 9.78 Å². The first-order chi connectivity index (χ1) is 9.69. The normalized spacial score (nSPS) is 13.8. The van der Waals surface area contributed by atoms with Gasteiger partial charge in [-0.2, -0.15) is 10.4 Å². The van der Waals surface area contributed by atoms with E-state index in [2.05, 4.69) is 16.5 Å². The van der Waals surface area contributed by atoms with Crippen LogP contribution in [-0.2, 0) is 4.79 Å². The SMILES string of the molecule is Cc1cccc(-n2ncc(C#N)c2NC(=O)C2CC2)c1. The molecule has 0 unspecified atom stereocenters. The molecule has 0 saturated heterocycles. The zero-order valence-corrected chi connectivity index (χ0v) is 11.1. The molecule has 5 nitrogen and oxygen atoms in total. The van der Waals surface area contributed by atoms with Gasteiger partial charge in [0.2, 0.25) is 5.91 Å². The number of aromatic nitrogens is 2. The highest BCUT2D eigenvalue weighted by molar-refractivity contribution is 5.94. The Kier molecular flexibility index (Phi) is 2.99. The Balaban J connectivity index is 2.00. The predicted octanol–water partition coefficient (Wildman–Crippen LogP) is 2.40. The highest BCUT2D eigenvalue weighted by Gasteiger charge is 2.31. The molecule has 20 heavy (non-hydrogen) atoms. The van der Waals surface area contributed by atoms with E-state index >= 15 is 0 Å². The van der Waals surface area contributed by atoms with Crippen molar-refractivity contribution >= 4 is 11.7 Å². The number of carbonyl (C=O) groups is 1. The first kappa shape index (κ1) is 12.4. The van der Waals surface area contributed by atoms with Gasteiger partial charge in [-0.1, -0.05) is 12.1 Å². The molecule has 0 spiro atoms. The summed E-state index contributed by atoms with van der Waals surface area (Å²) in [7, 11) is 0. The van der Waals surface area contributed by atoms with Gasteiger partial charge >= 0.3 is 0 Å². The van der Waals surface area contributed by atoms with Crippen LogP contribution < -0.4 is 5.32 Å². The highest BCUT2D eigenvalue weighted by atomic mass is 16.2. The number of aryl methyl sites for hydroxylation is 1. The molecule has 0 atom stereocenters. The Bertz CT molecular complexity index is 707. The second kappa shape index (κ2) is 4.82. The number of hydrogen-bond acceptors (Lipinski definition) is 3. The quantitative estimate of drug-likeness (QED) is 0.927. The number of nitriles is 1. The molecule has 0 aliphatic heterocycles. The number of anilines is 1. The van der Waals surface area contributed by atoms with Crippen LogP contribution in [0.1, 0.15) is 24.0 Å². The molecule has 1 fully saturated rings. The monoisotopic (exact) mass is 266 g/mol. The van der Waals surface area contributed by atoms with Gasteiger partial charge < -0.3 is 5.32 Å². The Morgan fingerprint density at radius 2 is 2.30 bits per heavy atom. The lowest BCUT2D eigenvalue weighted by molar-refractivity contribution is -0.117. The van der Waals surface area contributed by atoms with Crippen molar-refractivity contribution in [1.29, 1.82) is 5.26 Å². The maximum atomic E-state index is 11.9. The highest BCUT2D eigenvalue weighted by Crippen LogP contribution is 2.31. The summed E-state index contributed by atoms with van der Waals surface area (Å²) in [5, 5.41) is 16.2. The van der Waals surface area contributed by atoms with E-state index in [1.807, 2.05) is 31.2 Å². The molecule has 1 aromatic heterocycles. The van der Waals surface area contributed by atoms with Crippen molar-refractivity contribution in [2.45, 2.75) is 19.8 Å². The van der Waals surface area contributed by atoms with E-state index in [1.165, 1.54) is 6.20 Å². The average Bonchev–Trinajstić information content (AvgIpc) is 3.21. The van der Waals surface area contributed by atoms with Crippen LogP contribution in [0.3, 0.4) is 0 Å². The van der Waals surface area contributed by atoms with Crippen molar-refractivity contribution in [3.8, 4) is 11.8 Å². The third-order valence-electron chi connectivity index (χ3n) is 3.33. The first-order valence-corrected chi connectivity index (χ1v) is 6.55. The summed E-state index contributed by atoms with van der Waals surface area (Å²) >= 11 is 0. The third-order valence-corrected chi connectivity index (χ3v) is 3.33. The minimum absolute atomic E-state index is 0.0316. The van der Waals surface area contributed by atoms with Gasteiger partial charge in [0, 0.05) is 5.92 Å². The summed E-state index contributed by atoms with van der Waals surface area (Å²) in [6.07, 6.45) is 3.32. The summed E-state index contributed by atoms with van der Waals surface area (Å²) in [6.45, 7) is 1.99. The molecule has 100 valence electrons. The predicted molar refractivity (Wildman–Crippen MR) is 74.4 cm³/mol. The number of hydrogen-bond donors (Lipinski definition) is 1. The topological polar surface area (TPSA) is 70.7 Å². The van der Waals surface area contributed by atoms with Crippen LogP contribution in [0.2, 0.25) is 0 Å². The molecule has 3 rings (SSSR count). The molecule has 2 aromatic rings. The summed E-state index contributed by atoms with van der Waals surface area (Å²) in [5.41, 5.74) is 2.30. The van der Waals surface area contributed by atoms with Gasteiger partial charge in [-0.05, 0) is 37.5 Å². The van der Waals surface area contributed by atoms with Gasteiger partial charge in [0.05, 0.1) is 11.9 Å². The summed E-state index contributed by atoms with van der Waals surface area (Å²) in [5.74, 6) is 0.508. The van der Waals surface area contributed by atoms with Gasteiger partial charge in [-0.3, -0.25) is 4.79 Å². The number of amides is 1. The first-order valence-electron chi connectivity index (χ1n) is 6.55. The van der Waals surface area contributed by atoms with Crippen LogP contribution in [-0.4, -0.2) is 15.7 Å². The molecule has 1 saturated carbocycles. The van der Waals surface area contributed by atoms with Crippen molar-refractivity contribution in [3.63, 3.8) is 0 Å². The van der Waals surface area contributed by atoms with Crippen LogP contribution in [0.4, 0.5) is 5.82 Å². The second-order valence-corrected chi connectivity index (χ2v) is 5.03. The van der Waals surface area contributed by atoms with Gasteiger partial charge in [0.15, 0.2) is 5.82 Å². The summed E-state index contributed by atoms with van der Waals surface area (Å²) < 4.78 is 1.60. The Morgan fingerprint density at radius 3 is 2.95 bits per heavy atom. The smallest absolute Gasteiger partial charge is 0.228 e. The maximum Gasteiger partial charge on any atom is 0.228 e. The summed E-state index contributed by atoms with van der Waals surface area (Å²) in [6, 6.07) is 9.83. The van der Waals surface area contributed by atoms with Crippen molar-refractivity contribution in [2.24, 2.45) is 5.92 Å². The van der Waals surface area contributed by atoms with E-state index in [4.69, 9.17) is 5.26 Å². The van der Waals surface area contributed by atoms with E-state index in [9.17, 15) is 4.79 Å². The number of rotatable bonds is 3. The van der Waals surface area contributed by atoms with Gasteiger partial charge in [-0.15, -0.1) is 0 Å². The zero-order valence-electron chi connectivity index (χ0n) is 11.1. The molecular formula is C15H14N4O. The maximum absolute atomic E-state index is 11.9. The van der Waals surface area contributed by atoms with Gasteiger partial charge in [0.1, 0.15) is 11.6 Å². The Morgan fingerprint density at radius 1 is 1.50 bits per heavy atom. The molecule has 1 N–H and O–H groups in total. The van der Waals surface area contributed by atoms with E-state index in [1.54, 1.807) is 4.68 Å². The Hall–Kier alpha value is -2.61. The fourth-order valence-corrected chi connectivity index (χ4v) is 2.07. The third kappa shape index (κ3) is 2.28. The molecule has 1 heterocycles. The van der Waals surface area contributed by atoms with Gasteiger partial charge in [-0.25, -0.2) is 4.68 Å². The van der Waals surface area contributed by atoms with Crippen molar-refractivity contribution in [3.05, 3.63) is 41.6 Å². The molecule has 1 aliphatic rings. The van der Waals surface area contributed by atoms with E-state index in [0.29, 0.717) is 11.4 Å². The molecule has 1 aliphatic carbocycles. The van der Waals surface area contributed by atoms with E-state index < -0.39 is 0 Å². The molecule has 0 bridgehead atoms. The van der Waals surface area contributed by atoms with E-state index in [0.717, 1.165) is 24.1 Å². The van der Waals surface area contributed by atoms with Gasteiger partial charge in [0.25, 0.3) is 0 Å². The molecular weight excluding hydrogens is 252 g/mol. The second-order valence-electron chi connectivity index (χ2n) is 5.03. The lowest BCUT2D eigenvalue weighted by Gasteiger charge is -2.09. The Labute approximate surface area is 116 Å². The van der Waals surface area contributed by atoms with E-state index in [-0.39, 0.29) is 11.8 Å². The summed E-state index contributed by atoms with van der Waals surface area (Å²) in [4.78, 5) is 11.9. The number of nitrogens with zero attached hydrogens (tertiary/aromatic N) is 3. The van der Waals surface area contributed by atoms with Crippen molar-refractivity contribution < 1.29 is 4.79 Å².